The second-order valence-electron chi connectivity index (χ2n) is 5.18. The number of alkyl halides is 1. The quantitative estimate of drug-likeness (QED) is 0.769. The van der Waals surface area contributed by atoms with E-state index in [9.17, 15) is 0 Å². The van der Waals surface area contributed by atoms with Crippen LogP contribution >= 0.6 is 22.9 Å². The Bertz CT molecular complexity index is 364. The normalized spacial score (nSPS) is 23.5. The minimum atomic E-state index is 0.437. The highest BCUT2D eigenvalue weighted by Gasteiger charge is 2.32. The minimum absolute atomic E-state index is 0.437. The van der Waals surface area contributed by atoms with Gasteiger partial charge >= 0.3 is 0 Å². The smallest absolute Gasteiger partial charge is 0.110 e. The van der Waals surface area contributed by atoms with E-state index in [1.807, 2.05) is 0 Å². The Balaban J connectivity index is 2.10. The van der Waals surface area contributed by atoms with Crippen LogP contribution in [-0.4, -0.2) is 22.5 Å². The Morgan fingerprint density at radius 1 is 1.53 bits per heavy atom. The summed E-state index contributed by atoms with van der Waals surface area (Å²) in [4.78, 5) is 7.22. The molecule has 0 N–H and O–H groups in total. The van der Waals surface area contributed by atoms with Crippen LogP contribution in [0.4, 0.5) is 0 Å². The summed E-state index contributed by atoms with van der Waals surface area (Å²) < 4.78 is 0. The Labute approximate surface area is 113 Å². The molecule has 0 radical (unpaired) electrons. The molecule has 1 aliphatic heterocycles. The maximum absolute atomic E-state index is 5.81. The Morgan fingerprint density at radius 3 is 2.88 bits per heavy atom. The monoisotopic (exact) mass is 272 g/mol. The van der Waals surface area contributed by atoms with E-state index in [0.717, 1.165) is 11.6 Å². The number of halogens is 1. The molecule has 1 aliphatic rings. The van der Waals surface area contributed by atoms with E-state index in [2.05, 4.69) is 36.0 Å². The van der Waals surface area contributed by atoms with Gasteiger partial charge in [0.1, 0.15) is 5.01 Å². The fraction of sp³-hybridized carbons (Fsp3) is 0.769. The van der Waals surface area contributed by atoms with E-state index in [4.69, 9.17) is 11.6 Å². The first kappa shape index (κ1) is 13.3. The first-order chi connectivity index (χ1) is 8.13. The average molecular weight is 273 g/mol. The molecule has 17 heavy (non-hydrogen) atoms. The molecule has 0 aromatic carbocycles. The summed E-state index contributed by atoms with van der Waals surface area (Å²) in [7, 11) is 0. The molecule has 2 atom stereocenters. The topological polar surface area (TPSA) is 16.1 Å². The molecule has 0 bridgehead atoms. The van der Waals surface area contributed by atoms with Crippen molar-refractivity contribution in [2.75, 3.05) is 6.54 Å². The molecule has 1 aromatic heterocycles. The van der Waals surface area contributed by atoms with Crippen LogP contribution in [0.25, 0.3) is 0 Å². The van der Waals surface area contributed by atoms with Crippen LogP contribution in [0.5, 0.6) is 0 Å². The van der Waals surface area contributed by atoms with Gasteiger partial charge in [0.15, 0.2) is 0 Å². The van der Waals surface area contributed by atoms with Gasteiger partial charge in [0.2, 0.25) is 0 Å². The van der Waals surface area contributed by atoms with Gasteiger partial charge < -0.3 is 0 Å². The number of hydrogen-bond acceptors (Lipinski definition) is 3. The Morgan fingerprint density at radius 2 is 2.29 bits per heavy atom. The van der Waals surface area contributed by atoms with E-state index in [1.165, 1.54) is 24.4 Å². The van der Waals surface area contributed by atoms with Gasteiger partial charge in [0.05, 0.1) is 17.6 Å². The molecule has 2 nitrogen and oxygen atoms in total. The van der Waals surface area contributed by atoms with Gasteiger partial charge in [-0.25, -0.2) is 4.98 Å². The van der Waals surface area contributed by atoms with Crippen molar-refractivity contribution in [2.45, 2.75) is 51.6 Å². The maximum atomic E-state index is 5.81. The number of likely N-dealkylation sites (tertiary alicyclic amines) is 1. The van der Waals surface area contributed by atoms with Crippen LogP contribution in [0.2, 0.25) is 0 Å². The van der Waals surface area contributed by atoms with Gasteiger partial charge in [-0.05, 0) is 32.2 Å². The number of hydrogen-bond donors (Lipinski definition) is 0. The highest BCUT2D eigenvalue weighted by molar-refractivity contribution is 7.09. The Hall–Kier alpha value is -0.120. The van der Waals surface area contributed by atoms with Crippen molar-refractivity contribution in [1.82, 2.24) is 9.88 Å². The standard InChI is InChI=1S/C13H21ClN2S/c1-9(2)12-5-4-6-16(12)10(3)13-15-11(7-14)8-17-13/h8-10,12H,4-7H2,1-3H3. The minimum Gasteiger partial charge on any atom is -0.291 e. The van der Waals surface area contributed by atoms with Crippen LogP contribution in [0.15, 0.2) is 5.38 Å². The van der Waals surface area contributed by atoms with Crippen molar-refractivity contribution in [3.8, 4) is 0 Å². The number of thiazole rings is 1. The van der Waals surface area contributed by atoms with Crippen LogP contribution in [0.3, 0.4) is 0 Å². The molecule has 2 heterocycles. The zero-order valence-corrected chi connectivity index (χ0v) is 12.4. The molecular formula is C13H21ClN2S. The van der Waals surface area contributed by atoms with Crippen LogP contribution in [0.1, 0.15) is 50.4 Å². The summed E-state index contributed by atoms with van der Waals surface area (Å²) in [5, 5.41) is 3.30. The number of aromatic nitrogens is 1. The average Bonchev–Trinajstić information content (AvgIpc) is 2.97. The van der Waals surface area contributed by atoms with Crippen molar-refractivity contribution < 1.29 is 0 Å². The highest BCUT2D eigenvalue weighted by Crippen LogP contribution is 2.33. The third kappa shape index (κ3) is 2.83. The van der Waals surface area contributed by atoms with E-state index in [1.54, 1.807) is 11.3 Å². The van der Waals surface area contributed by atoms with Crippen LogP contribution in [-0.2, 0) is 5.88 Å². The first-order valence-electron chi connectivity index (χ1n) is 6.39. The largest absolute Gasteiger partial charge is 0.291 e. The fourth-order valence-electron chi connectivity index (χ4n) is 2.73. The van der Waals surface area contributed by atoms with Gasteiger partial charge in [0, 0.05) is 11.4 Å². The predicted molar refractivity (Wildman–Crippen MR) is 74.7 cm³/mol. The molecular weight excluding hydrogens is 252 g/mol. The lowest BCUT2D eigenvalue weighted by atomic mass is 10.0. The summed E-state index contributed by atoms with van der Waals surface area (Å²) in [5.74, 6) is 1.25. The maximum Gasteiger partial charge on any atom is 0.110 e. The lowest BCUT2D eigenvalue weighted by Gasteiger charge is -2.31. The fourth-order valence-corrected chi connectivity index (χ4v) is 3.85. The number of nitrogens with zero attached hydrogens (tertiary/aromatic N) is 2. The number of rotatable bonds is 4. The molecule has 1 saturated heterocycles. The molecule has 0 amide bonds. The van der Waals surface area contributed by atoms with Crippen molar-refractivity contribution in [1.29, 1.82) is 0 Å². The summed E-state index contributed by atoms with van der Waals surface area (Å²) in [5.41, 5.74) is 1.01. The second-order valence-corrected chi connectivity index (χ2v) is 6.34. The molecule has 0 saturated carbocycles. The van der Waals surface area contributed by atoms with Crippen molar-refractivity contribution in [3.05, 3.63) is 16.1 Å². The molecule has 1 aromatic rings. The Kier molecular flexibility index (Phi) is 4.45. The van der Waals surface area contributed by atoms with Gasteiger partial charge in [-0.2, -0.15) is 0 Å². The third-order valence-corrected chi connectivity index (χ3v) is 5.01. The molecule has 1 fully saturated rings. The lowest BCUT2D eigenvalue weighted by Crippen LogP contribution is -2.35. The molecule has 2 rings (SSSR count). The van der Waals surface area contributed by atoms with Gasteiger partial charge in [0.25, 0.3) is 0 Å². The molecule has 0 aliphatic carbocycles. The highest BCUT2D eigenvalue weighted by atomic mass is 35.5. The van der Waals surface area contributed by atoms with Crippen molar-refractivity contribution in [2.24, 2.45) is 5.92 Å². The van der Waals surface area contributed by atoms with Crippen LogP contribution < -0.4 is 0 Å². The molecule has 96 valence electrons. The van der Waals surface area contributed by atoms with E-state index >= 15 is 0 Å². The van der Waals surface area contributed by atoms with Crippen molar-refractivity contribution >= 4 is 22.9 Å². The summed E-state index contributed by atoms with van der Waals surface area (Å²) in [6.07, 6.45) is 2.65. The summed E-state index contributed by atoms with van der Waals surface area (Å²) in [6.45, 7) is 8.13. The summed E-state index contributed by atoms with van der Waals surface area (Å²) >= 11 is 7.56. The third-order valence-electron chi connectivity index (χ3n) is 3.67. The second kappa shape index (κ2) is 5.68. The van der Waals surface area contributed by atoms with Gasteiger partial charge in [-0.15, -0.1) is 22.9 Å². The molecule has 0 spiro atoms. The zero-order chi connectivity index (χ0) is 12.4. The van der Waals surface area contributed by atoms with Gasteiger partial charge in [-0.1, -0.05) is 13.8 Å². The van der Waals surface area contributed by atoms with E-state index in [0.29, 0.717) is 18.0 Å². The van der Waals surface area contributed by atoms with Crippen LogP contribution in [0, 0.1) is 5.92 Å². The summed E-state index contributed by atoms with van der Waals surface area (Å²) in [6, 6.07) is 1.15. The lowest BCUT2D eigenvalue weighted by molar-refractivity contribution is 0.156. The van der Waals surface area contributed by atoms with E-state index in [-0.39, 0.29) is 0 Å². The molecule has 2 unspecified atom stereocenters. The van der Waals surface area contributed by atoms with Crippen molar-refractivity contribution in [3.63, 3.8) is 0 Å². The van der Waals surface area contributed by atoms with E-state index < -0.39 is 0 Å². The zero-order valence-electron chi connectivity index (χ0n) is 10.8. The first-order valence-corrected chi connectivity index (χ1v) is 7.81. The molecule has 4 heteroatoms. The SMILES string of the molecule is CC(C)C1CCCN1C(C)c1nc(CCl)cs1. The predicted octanol–water partition coefficient (Wildman–Crippen LogP) is 4.06. The van der Waals surface area contributed by atoms with Gasteiger partial charge in [-0.3, -0.25) is 4.90 Å².